The van der Waals surface area contributed by atoms with Crippen LogP contribution >= 0.6 is 0 Å². The van der Waals surface area contributed by atoms with E-state index in [0.717, 1.165) is 19.4 Å². The van der Waals surface area contributed by atoms with E-state index in [1.54, 1.807) is 0 Å². The van der Waals surface area contributed by atoms with Gasteiger partial charge in [0.05, 0.1) is 12.6 Å². The molecule has 1 saturated carbocycles. The van der Waals surface area contributed by atoms with Crippen LogP contribution in [0.1, 0.15) is 39.5 Å². The lowest BCUT2D eigenvalue weighted by Gasteiger charge is -2.28. The molecule has 1 rings (SSSR count). The van der Waals surface area contributed by atoms with Gasteiger partial charge in [-0.2, -0.15) is 0 Å². The first-order valence-corrected chi connectivity index (χ1v) is 7.83. The number of ether oxygens (including phenoxy) is 1. The predicted molar refractivity (Wildman–Crippen MR) is 81.5 cm³/mol. The van der Waals surface area contributed by atoms with E-state index in [2.05, 4.69) is 10.2 Å². The second-order valence-corrected chi connectivity index (χ2v) is 6.03. The van der Waals surface area contributed by atoms with Crippen LogP contribution in [0.15, 0.2) is 0 Å². The van der Waals surface area contributed by atoms with Crippen molar-refractivity contribution < 1.29 is 9.53 Å². The number of likely N-dealkylation sites (N-methyl/N-ethyl adjacent to an activating group) is 1. The summed E-state index contributed by atoms with van der Waals surface area (Å²) in [7, 11) is 2.03. The molecule has 3 N–H and O–H groups in total. The lowest BCUT2D eigenvalue weighted by Crippen LogP contribution is -2.43. The highest BCUT2D eigenvalue weighted by atomic mass is 16.5. The zero-order valence-electron chi connectivity index (χ0n) is 13.2. The molecule has 0 radical (unpaired) electrons. The monoisotopic (exact) mass is 285 g/mol. The number of carbonyl (C=O) groups excluding carboxylic acids is 1. The Hall–Kier alpha value is -0.650. The summed E-state index contributed by atoms with van der Waals surface area (Å²) >= 11 is 0. The molecule has 1 fully saturated rings. The number of hydrogen-bond acceptors (Lipinski definition) is 4. The van der Waals surface area contributed by atoms with Crippen LogP contribution in [0, 0.1) is 5.92 Å². The molecule has 1 aliphatic carbocycles. The minimum atomic E-state index is 0.0970. The summed E-state index contributed by atoms with van der Waals surface area (Å²) in [4.78, 5) is 14.0. The zero-order valence-corrected chi connectivity index (χ0v) is 13.2. The third kappa shape index (κ3) is 6.20. The molecular formula is C15H31N3O2. The normalized spacial score (nSPS) is 22.7. The molecule has 0 aromatic rings. The molecule has 0 heterocycles. The molecule has 0 spiro atoms. The number of carbonyl (C=O) groups is 1. The van der Waals surface area contributed by atoms with Gasteiger partial charge in [-0.1, -0.05) is 6.42 Å². The minimum Gasteiger partial charge on any atom is -0.379 e. The van der Waals surface area contributed by atoms with E-state index in [9.17, 15) is 4.79 Å². The molecule has 2 atom stereocenters. The summed E-state index contributed by atoms with van der Waals surface area (Å²) in [5, 5.41) is 2.95. The Balaban J connectivity index is 2.15. The molecule has 0 aliphatic heterocycles. The van der Waals surface area contributed by atoms with Crippen molar-refractivity contribution in [2.24, 2.45) is 11.7 Å². The molecular weight excluding hydrogens is 254 g/mol. The minimum absolute atomic E-state index is 0.0970. The molecule has 0 aromatic carbocycles. The maximum atomic E-state index is 11.9. The van der Waals surface area contributed by atoms with Gasteiger partial charge in [0.25, 0.3) is 0 Å². The van der Waals surface area contributed by atoms with E-state index in [-0.39, 0.29) is 12.0 Å². The maximum Gasteiger partial charge on any atom is 0.234 e. The molecule has 5 nitrogen and oxygen atoms in total. The number of hydrogen-bond donors (Lipinski definition) is 2. The second-order valence-electron chi connectivity index (χ2n) is 6.03. The van der Waals surface area contributed by atoms with Crippen LogP contribution in [0.5, 0.6) is 0 Å². The van der Waals surface area contributed by atoms with Gasteiger partial charge in [0.15, 0.2) is 0 Å². The number of nitrogens with two attached hydrogens (primary N) is 1. The zero-order chi connectivity index (χ0) is 15.0. The third-order valence-corrected chi connectivity index (χ3v) is 3.98. The summed E-state index contributed by atoms with van der Waals surface area (Å²) < 4.78 is 5.44. The average Bonchev–Trinajstić information content (AvgIpc) is 2.86. The van der Waals surface area contributed by atoms with Gasteiger partial charge in [-0.3, -0.25) is 9.69 Å². The van der Waals surface area contributed by atoms with Crippen LogP contribution in [0.4, 0.5) is 0 Å². The first kappa shape index (κ1) is 17.4. The number of nitrogens with zero attached hydrogens (tertiary/aromatic N) is 1. The maximum absolute atomic E-state index is 11.9. The Morgan fingerprint density at radius 3 is 2.85 bits per heavy atom. The number of amides is 1. The van der Waals surface area contributed by atoms with E-state index in [4.69, 9.17) is 10.5 Å². The average molecular weight is 285 g/mol. The van der Waals surface area contributed by atoms with Gasteiger partial charge in [-0.15, -0.1) is 0 Å². The van der Waals surface area contributed by atoms with Gasteiger partial charge in [0.2, 0.25) is 5.91 Å². The molecule has 20 heavy (non-hydrogen) atoms. The van der Waals surface area contributed by atoms with E-state index < -0.39 is 0 Å². The van der Waals surface area contributed by atoms with Crippen molar-refractivity contribution in [3.05, 3.63) is 0 Å². The van der Waals surface area contributed by atoms with E-state index in [1.165, 1.54) is 12.8 Å². The molecule has 1 amide bonds. The van der Waals surface area contributed by atoms with Gasteiger partial charge < -0.3 is 15.8 Å². The van der Waals surface area contributed by atoms with Crippen molar-refractivity contribution in [1.29, 1.82) is 0 Å². The smallest absolute Gasteiger partial charge is 0.234 e. The molecule has 0 aromatic heterocycles. The van der Waals surface area contributed by atoms with Crippen LogP contribution in [-0.4, -0.2) is 56.2 Å². The van der Waals surface area contributed by atoms with E-state index in [0.29, 0.717) is 31.7 Å². The van der Waals surface area contributed by atoms with Crippen LogP contribution in [-0.2, 0) is 9.53 Å². The number of rotatable bonds is 9. The predicted octanol–water partition coefficient (Wildman–Crippen LogP) is 0.977. The summed E-state index contributed by atoms with van der Waals surface area (Å²) in [5.41, 5.74) is 5.79. The Morgan fingerprint density at radius 1 is 1.45 bits per heavy atom. The fourth-order valence-corrected chi connectivity index (χ4v) is 2.89. The summed E-state index contributed by atoms with van der Waals surface area (Å²) in [6.45, 7) is 6.61. The molecule has 118 valence electrons. The lowest BCUT2D eigenvalue weighted by molar-refractivity contribution is -0.122. The van der Waals surface area contributed by atoms with Gasteiger partial charge in [0, 0.05) is 19.2 Å². The lowest BCUT2D eigenvalue weighted by atomic mass is 10.0. The Labute approximate surface area is 123 Å². The Bertz CT molecular complexity index is 284. The standard InChI is InChI=1S/C15H31N3O2/c1-12(2)20-9-5-8-17-15(19)11-18(3)14-7-4-6-13(14)10-16/h12-14H,4-11,16H2,1-3H3,(H,17,19). The van der Waals surface area contributed by atoms with Crippen molar-refractivity contribution in [2.45, 2.75) is 51.7 Å². The fraction of sp³-hybridized carbons (Fsp3) is 0.933. The molecule has 0 bridgehead atoms. The van der Waals surface area contributed by atoms with Crippen molar-refractivity contribution in [1.82, 2.24) is 10.2 Å². The van der Waals surface area contributed by atoms with E-state index >= 15 is 0 Å². The van der Waals surface area contributed by atoms with Crippen molar-refractivity contribution in [3.8, 4) is 0 Å². The fourth-order valence-electron chi connectivity index (χ4n) is 2.89. The van der Waals surface area contributed by atoms with E-state index in [1.807, 2.05) is 20.9 Å². The SMILES string of the molecule is CC(C)OCCCNC(=O)CN(C)C1CCCC1CN. The van der Waals surface area contributed by atoms with Crippen LogP contribution < -0.4 is 11.1 Å². The topological polar surface area (TPSA) is 67.6 Å². The molecule has 2 unspecified atom stereocenters. The Kier molecular flexibility index (Phi) is 8.11. The van der Waals surface area contributed by atoms with Crippen molar-refractivity contribution in [3.63, 3.8) is 0 Å². The highest BCUT2D eigenvalue weighted by Crippen LogP contribution is 2.28. The van der Waals surface area contributed by atoms with Gasteiger partial charge >= 0.3 is 0 Å². The van der Waals surface area contributed by atoms with Gasteiger partial charge in [-0.05, 0) is 52.6 Å². The summed E-state index contributed by atoms with van der Waals surface area (Å²) in [6, 6.07) is 0.468. The summed E-state index contributed by atoms with van der Waals surface area (Å²) in [6.07, 6.45) is 4.70. The van der Waals surface area contributed by atoms with Crippen LogP contribution in [0.25, 0.3) is 0 Å². The van der Waals surface area contributed by atoms with Crippen LogP contribution in [0.2, 0.25) is 0 Å². The molecule has 5 heteroatoms. The highest BCUT2D eigenvalue weighted by Gasteiger charge is 2.29. The summed E-state index contributed by atoms with van der Waals surface area (Å²) in [5.74, 6) is 0.645. The first-order valence-electron chi connectivity index (χ1n) is 7.83. The quantitative estimate of drug-likeness (QED) is 0.620. The highest BCUT2D eigenvalue weighted by molar-refractivity contribution is 5.77. The third-order valence-electron chi connectivity index (χ3n) is 3.98. The van der Waals surface area contributed by atoms with Gasteiger partial charge in [-0.25, -0.2) is 0 Å². The Morgan fingerprint density at radius 2 is 2.20 bits per heavy atom. The van der Waals surface area contributed by atoms with Crippen molar-refractivity contribution in [2.75, 3.05) is 33.3 Å². The first-order chi connectivity index (χ1) is 9.54. The number of nitrogens with one attached hydrogen (secondary N) is 1. The van der Waals surface area contributed by atoms with Crippen LogP contribution in [0.3, 0.4) is 0 Å². The largest absolute Gasteiger partial charge is 0.379 e. The molecule has 0 saturated heterocycles. The van der Waals surface area contributed by atoms with Gasteiger partial charge in [0.1, 0.15) is 0 Å². The second kappa shape index (κ2) is 9.32. The molecule has 1 aliphatic rings. The van der Waals surface area contributed by atoms with Crippen molar-refractivity contribution >= 4 is 5.91 Å².